The molecule has 0 bridgehead atoms. The van der Waals surface area contributed by atoms with Gasteiger partial charge in [-0.2, -0.15) is 4.57 Å². The maximum Gasteiger partial charge on any atom is 0.206 e. The van der Waals surface area contributed by atoms with Gasteiger partial charge in [0, 0.05) is 25.0 Å². The van der Waals surface area contributed by atoms with Gasteiger partial charge in [0.2, 0.25) is 12.3 Å². The van der Waals surface area contributed by atoms with Crippen LogP contribution in [-0.4, -0.2) is 5.78 Å². The zero-order chi connectivity index (χ0) is 9.26. The Morgan fingerprint density at radius 3 is 2.92 bits per heavy atom. The molecule has 2 heteroatoms. The van der Waals surface area contributed by atoms with Crippen molar-refractivity contribution in [3.63, 3.8) is 0 Å². The van der Waals surface area contributed by atoms with Gasteiger partial charge in [0.1, 0.15) is 0 Å². The number of rotatable bonds is 3. The summed E-state index contributed by atoms with van der Waals surface area (Å²) in [7, 11) is 0. The van der Waals surface area contributed by atoms with Crippen molar-refractivity contribution in [2.24, 2.45) is 5.92 Å². The normalized spacial score (nSPS) is 15.8. The predicted molar refractivity (Wildman–Crippen MR) is 49.1 cm³/mol. The number of aromatic nitrogens is 1. The predicted octanol–water partition coefficient (Wildman–Crippen LogP) is 1.26. The average Bonchev–Trinajstić information content (AvgIpc) is 2.91. The van der Waals surface area contributed by atoms with Gasteiger partial charge in [-0.05, 0) is 12.8 Å². The Morgan fingerprint density at radius 2 is 2.31 bits per heavy atom. The lowest BCUT2D eigenvalue weighted by Crippen LogP contribution is -2.40. The van der Waals surface area contributed by atoms with Crippen LogP contribution in [0.3, 0.4) is 0 Å². The highest BCUT2D eigenvalue weighted by Gasteiger charge is 2.31. The Morgan fingerprint density at radius 1 is 1.54 bits per heavy atom. The van der Waals surface area contributed by atoms with Gasteiger partial charge in [-0.25, -0.2) is 0 Å². The molecular formula is C11H14NO+. The monoisotopic (exact) mass is 176 g/mol. The summed E-state index contributed by atoms with van der Waals surface area (Å²) in [5, 5.41) is 0. The molecule has 2 rings (SSSR count). The lowest BCUT2D eigenvalue weighted by molar-refractivity contribution is -0.690. The number of ketones is 1. The quantitative estimate of drug-likeness (QED) is 0.635. The van der Waals surface area contributed by atoms with Gasteiger partial charge in [-0.1, -0.05) is 6.07 Å². The fraction of sp³-hybridized carbons (Fsp3) is 0.455. The first-order valence-corrected chi connectivity index (χ1v) is 4.75. The standard InChI is InChI=1S/C11H14NO/c1-9-4-2-3-7-12(9)8-11(13)10-5-6-10/h2-4,7,10H,5-6,8H2,1H3/q+1. The molecule has 1 heterocycles. The van der Waals surface area contributed by atoms with Gasteiger partial charge in [-0.15, -0.1) is 0 Å². The summed E-state index contributed by atoms with van der Waals surface area (Å²) in [5.41, 5.74) is 1.15. The Kier molecular flexibility index (Phi) is 2.13. The first kappa shape index (κ1) is 8.42. The molecule has 0 amide bonds. The van der Waals surface area contributed by atoms with E-state index in [-0.39, 0.29) is 0 Å². The van der Waals surface area contributed by atoms with E-state index in [1.54, 1.807) is 0 Å². The summed E-state index contributed by atoms with van der Waals surface area (Å²) in [6.07, 6.45) is 4.17. The molecule has 0 spiro atoms. The smallest absolute Gasteiger partial charge is 0.206 e. The molecule has 0 saturated heterocycles. The zero-order valence-corrected chi connectivity index (χ0v) is 7.86. The largest absolute Gasteiger partial charge is 0.292 e. The molecule has 1 aromatic heterocycles. The van der Waals surface area contributed by atoms with E-state index in [0.717, 1.165) is 18.5 Å². The lowest BCUT2D eigenvalue weighted by atomic mass is 10.2. The van der Waals surface area contributed by atoms with E-state index in [2.05, 4.69) is 0 Å². The van der Waals surface area contributed by atoms with E-state index in [1.165, 1.54) is 0 Å². The zero-order valence-electron chi connectivity index (χ0n) is 7.86. The molecule has 68 valence electrons. The number of nitrogens with zero attached hydrogens (tertiary/aromatic N) is 1. The van der Waals surface area contributed by atoms with E-state index in [9.17, 15) is 4.79 Å². The van der Waals surface area contributed by atoms with Gasteiger partial charge in [0.05, 0.1) is 0 Å². The third kappa shape index (κ3) is 1.94. The third-order valence-electron chi connectivity index (χ3n) is 2.53. The van der Waals surface area contributed by atoms with Crippen LogP contribution in [0.5, 0.6) is 0 Å². The minimum absolute atomic E-state index is 0.368. The average molecular weight is 176 g/mol. The van der Waals surface area contributed by atoms with Gasteiger partial charge < -0.3 is 0 Å². The van der Waals surface area contributed by atoms with E-state index in [4.69, 9.17) is 0 Å². The molecule has 0 N–H and O–H groups in total. The number of carbonyl (C=O) groups is 1. The minimum Gasteiger partial charge on any atom is -0.292 e. The molecule has 1 aromatic rings. The molecule has 1 aliphatic carbocycles. The molecule has 1 aliphatic rings. The van der Waals surface area contributed by atoms with Crippen molar-refractivity contribution in [3.05, 3.63) is 30.1 Å². The van der Waals surface area contributed by atoms with Crippen LogP contribution in [0.4, 0.5) is 0 Å². The highest BCUT2D eigenvalue weighted by Crippen LogP contribution is 2.29. The molecule has 2 nitrogen and oxygen atoms in total. The summed E-state index contributed by atoms with van der Waals surface area (Å²) >= 11 is 0. The van der Waals surface area contributed by atoms with Crippen LogP contribution in [0.1, 0.15) is 18.5 Å². The van der Waals surface area contributed by atoms with Crippen LogP contribution in [0.25, 0.3) is 0 Å². The first-order chi connectivity index (χ1) is 6.27. The Bertz CT molecular complexity index is 329. The Labute approximate surface area is 78.2 Å². The second-order valence-corrected chi connectivity index (χ2v) is 3.71. The Hall–Kier alpha value is -1.18. The fourth-order valence-electron chi connectivity index (χ4n) is 1.44. The molecule has 1 fully saturated rings. The number of hydrogen-bond donors (Lipinski definition) is 0. The maximum atomic E-state index is 11.5. The molecule has 0 unspecified atom stereocenters. The minimum atomic E-state index is 0.368. The van der Waals surface area contributed by atoms with Crippen molar-refractivity contribution in [3.8, 4) is 0 Å². The molecule has 0 aromatic carbocycles. The van der Waals surface area contributed by atoms with Gasteiger partial charge in [0.15, 0.2) is 11.9 Å². The molecule has 1 saturated carbocycles. The topological polar surface area (TPSA) is 20.9 Å². The summed E-state index contributed by atoms with van der Waals surface area (Å²) in [6, 6.07) is 5.99. The van der Waals surface area contributed by atoms with Crippen LogP contribution in [0.2, 0.25) is 0 Å². The van der Waals surface area contributed by atoms with Gasteiger partial charge >= 0.3 is 0 Å². The van der Waals surface area contributed by atoms with Gasteiger partial charge in [-0.3, -0.25) is 4.79 Å². The number of pyridine rings is 1. The number of aryl methyl sites for hydroxylation is 1. The Balaban J connectivity index is 2.08. The van der Waals surface area contributed by atoms with Crippen LogP contribution < -0.4 is 4.57 Å². The van der Waals surface area contributed by atoms with Crippen molar-refractivity contribution in [1.29, 1.82) is 0 Å². The van der Waals surface area contributed by atoms with E-state index in [0.29, 0.717) is 18.2 Å². The van der Waals surface area contributed by atoms with E-state index in [1.807, 2.05) is 35.9 Å². The van der Waals surface area contributed by atoms with Crippen molar-refractivity contribution in [1.82, 2.24) is 0 Å². The van der Waals surface area contributed by atoms with Crippen molar-refractivity contribution in [2.75, 3.05) is 0 Å². The highest BCUT2D eigenvalue weighted by molar-refractivity contribution is 5.81. The first-order valence-electron chi connectivity index (χ1n) is 4.75. The third-order valence-corrected chi connectivity index (χ3v) is 2.53. The maximum absolute atomic E-state index is 11.5. The van der Waals surface area contributed by atoms with Crippen LogP contribution >= 0.6 is 0 Å². The molecule has 0 aliphatic heterocycles. The molecule has 0 atom stereocenters. The highest BCUT2D eigenvalue weighted by atomic mass is 16.1. The van der Waals surface area contributed by atoms with Crippen LogP contribution in [-0.2, 0) is 11.3 Å². The number of hydrogen-bond acceptors (Lipinski definition) is 1. The SMILES string of the molecule is Cc1cccc[n+]1CC(=O)C1CC1. The van der Waals surface area contributed by atoms with E-state index >= 15 is 0 Å². The lowest BCUT2D eigenvalue weighted by Gasteiger charge is -1.97. The van der Waals surface area contributed by atoms with E-state index < -0.39 is 0 Å². The summed E-state index contributed by atoms with van der Waals surface area (Å²) in [4.78, 5) is 11.5. The number of carbonyl (C=O) groups excluding carboxylic acids is 1. The summed E-state index contributed by atoms with van der Waals surface area (Å²) < 4.78 is 2.01. The van der Waals surface area contributed by atoms with Crippen LogP contribution in [0.15, 0.2) is 24.4 Å². The van der Waals surface area contributed by atoms with Gasteiger partial charge in [0.25, 0.3) is 0 Å². The van der Waals surface area contributed by atoms with Crippen molar-refractivity contribution in [2.45, 2.75) is 26.3 Å². The second kappa shape index (κ2) is 3.29. The molecule has 13 heavy (non-hydrogen) atoms. The fourth-order valence-corrected chi connectivity index (χ4v) is 1.44. The van der Waals surface area contributed by atoms with Crippen LogP contribution in [0, 0.1) is 12.8 Å². The van der Waals surface area contributed by atoms with Crippen molar-refractivity contribution >= 4 is 5.78 Å². The molecular weight excluding hydrogens is 162 g/mol. The van der Waals surface area contributed by atoms with Crippen molar-refractivity contribution < 1.29 is 9.36 Å². The summed E-state index contributed by atoms with van der Waals surface area (Å²) in [6.45, 7) is 2.58. The number of Topliss-reactive ketones (excluding diaryl/α,β-unsaturated/α-hetero) is 1. The second-order valence-electron chi connectivity index (χ2n) is 3.71. The molecule has 0 radical (unpaired) electrons. The summed E-state index contributed by atoms with van der Waals surface area (Å²) in [5.74, 6) is 0.756.